The third kappa shape index (κ3) is 5.17. The first-order chi connectivity index (χ1) is 9.24. The Labute approximate surface area is 128 Å². The SMILES string of the molecule is S=C(NCCc1ccc(Br)cc1)NC1=CC[CH]C=C1. The van der Waals surface area contributed by atoms with Crippen molar-refractivity contribution in [3.63, 3.8) is 0 Å². The molecule has 0 amide bonds. The largest absolute Gasteiger partial charge is 0.362 e. The fourth-order valence-electron chi connectivity index (χ4n) is 1.75. The van der Waals surface area contributed by atoms with Crippen LogP contribution in [0.4, 0.5) is 0 Å². The summed E-state index contributed by atoms with van der Waals surface area (Å²) in [7, 11) is 0. The lowest BCUT2D eigenvalue weighted by Crippen LogP contribution is -2.35. The number of rotatable bonds is 4. The minimum Gasteiger partial charge on any atom is -0.362 e. The van der Waals surface area contributed by atoms with Crippen molar-refractivity contribution in [3.8, 4) is 0 Å². The predicted octanol–water partition coefficient (Wildman–Crippen LogP) is 3.50. The summed E-state index contributed by atoms with van der Waals surface area (Å²) in [5, 5.41) is 7.07. The van der Waals surface area contributed by atoms with Crippen molar-refractivity contribution in [3.05, 3.63) is 64.6 Å². The van der Waals surface area contributed by atoms with Crippen LogP contribution in [-0.2, 0) is 6.42 Å². The molecular weight excluding hydrogens is 320 g/mol. The summed E-state index contributed by atoms with van der Waals surface area (Å²) in [4.78, 5) is 0. The average molecular weight is 336 g/mol. The van der Waals surface area contributed by atoms with Crippen LogP contribution >= 0.6 is 28.1 Å². The van der Waals surface area contributed by atoms with Crippen molar-refractivity contribution in [1.82, 2.24) is 10.6 Å². The molecule has 2 N–H and O–H groups in total. The molecule has 0 aliphatic heterocycles. The van der Waals surface area contributed by atoms with Crippen molar-refractivity contribution in [2.75, 3.05) is 6.54 Å². The molecule has 0 unspecified atom stereocenters. The summed E-state index contributed by atoms with van der Waals surface area (Å²) < 4.78 is 1.11. The van der Waals surface area contributed by atoms with E-state index in [1.807, 2.05) is 12.2 Å². The molecule has 0 saturated heterocycles. The maximum absolute atomic E-state index is 5.26. The molecule has 19 heavy (non-hydrogen) atoms. The highest BCUT2D eigenvalue weighted by Crippen LogP contribution is 2.10. The van der Waals surface area contributed by atoms with Gasteiger partial charge in [0.2, 0.25) is 0 Å². The second-order valence-electron chi connectivity index (χ2n) is 4.25. The molecule has 4 heteroatoms. The van der Waals surface area contributed by atoms with Crippen LogP contribution in [-0.4, -0.2) is 11.7 Å². The molecule has 0 saturated carbocycles. The van der Waals surface area contributed by atoms with E-state index in [9.17, 15) is 0 Å². The smallest absolute Gasteiger partial charge is 0.170 e. The predicted molar refractivity (Wildman–Crippen MR) is 87.7 cm³/mol. The van der Waals surface area contributed by atoms with Crippen LogP contribution in [0, 0.1) is 6.42 Å². The van der Waals surface area contributed by atoms with Crippen LogP contribution in [0.1, 0.15) is 12.0 Å². The van der Waals surface area contributed by atoms with Crippen LogP contribution in [0.15, 0.2) is 52.7 Å². The minimum absolute atomic E-state index is 0.676. The molecule has 1 aliphatic rings. The third-order valence-corrected chi connectivity index (χ3v) is 3.53. The van der Waals surface area contributed by atoms with E-state index in [0.717, 1.165) is 29.6 Å². The van der Waals surface area contributed by atoms with Gasteiger partial charge >= 0.3 is 0 Å². The van der Waals surface area contributed by atoms with E-state index >= 15 is 0 Å². The van der Waals surface area contributed by atoms with Gasteiger partial charge in [-0.05, 0) is 55.3 Å². The number of halogens is 1. The van der Waals surface area contributed by atoms with Gasteiger partial charge in [-0.15, -0.1) is 0 Å². The normalized spacial score (nSPS) is 13.8. The lowest BCUT2D eigenvalue weighted by Gasteiger charge is -2.13. The fraction of sp³-hybridized carbons (Fsp3) is 0.200. The number of allylic oxidation sites excluding steroid dienone is 3. The molecule has 1 aliphatic carbocycles. The highest BCUT2D eigenvalue weighted by atomic mass is 79.9. The van der Waals surface area contributed by atoms with Crippen molar-refractivity contribution in [2.45, 2.75) is 12.8 Å². The Morgan fingerprint density at radius 3 is 2.74 bits per heavy atom. The maximum atomic E-state index is 5.26. The van der Waals surface area contributed by atoms with Crippen LogP contribution in [0.5, 0.6) is 0 Å². The number of hydrogen-bond acceptors (Lipinski definition) is 1. The number of thiocarbonyl (C=S) groups is 1. The highest BCUT2D eigenvalue weighted by molar-refractivity contribution is 9.10. The maximum Gasteiger partial charge on any atom is 0.170 e. The van der Waals surface area contributed by atoms with E-state index in [0.29, 0.717) is 5.11 Å². The second-order valence-corrected chi connectivity index (χ2v) is 5.57. The average Bonchev–Trinajstić information content (AvgIpc) is 2.42. The van der Waals surface area contributed by atoms with Gasteiger partial charge in [0.1, 0.15) is 0 Å². The lowest BCUT2D eigenvalue weighted by atomic mass is 10.1. The van der Waals surface area contributed by atoms with Gasteiger partial charge in [-0.3, -0.25) is 0 Å². The summed E-state index contributed by atoms with van der Waals surface area (Å²) in [6, 6.07) is 8.34. The second kappa shape index (κ2) is 7.46. The molecule has 0 spiro atoms. The topological polar surface area (TPSA) is 24.1 Å². The molecule has 2 nitrogen and oxygen atoms in total. The molecule has 1 aromatic rings. The third-order valence-electron chi connectivity index (χ3n) is 2.76. The Bertz CT molecular complexity index is 491. The van der Waals surface area contributed by atoms with Gasteiger partial charge in [-0.2, -0.15) is 0 Å². The zero-order valence-corrected chi connectivity index (χ0v) is 12.9. The van der Waals surface area contributed by atoms with Gasteiger partial charge in [0.05, 0.1) is 0 Å². The van der Waals surface area contributed by atoms with E-state index in [4.69, 9.17) is 12.2 Å². The summed E-state index contributed by atoms with van der Waals surface area (Å²) in [5.41, 5.74) is 2.36. The van der Waals surface area contributed by atoms with Crippen molar-refractivity contribution in [1.29, 1.82) is 0 Å². The molecule has 99 valence electrons. The molecule has 1 radical (unpaired) electrons. The van der Waals surface area contributed by atoms with Crippen LogP contribution in [0.25, 0.3) is 0 Å². The first-order valence-electron chi connectivity index (χ1n) is 6.23. The molecule has 0 atom stereocenters. The standard InChI is InChI=1S/C15H16BrN2S/c16-13-8-6-12(7-9-13)10-11-17-15(19)18-14-4-2-1-3-5-14/h1-2,4-9H,3,10-11H2,(H2,17,18,19). The molecule has 2 rings (SSSR count). The Kier molecular flexibility index (Phi) is 5.61. The molecular formula is C15H16BrN2S. The van der Waals surface area contributed by atoms with E-state index < -0.39 is 0 Å². The van der Waals surface area contributed by atoms with E-state index in [1.54, 1.807) is 0 Å². The zero-order chi connectivity index (χ0) is 13.5. The highest BCUT2D eigenvalue weighted by Gasteiger charge is 2.00. The van der Waals surface area contributed by atoms with Gasteiger partial charge in [-0.25, -0.2) is 0 Å². The first-order valence-corrected chi connectivity index (χ1v) is 7.43. The Balaban J connectivity index is 1.70. The Morgan fingerprint density at radius 2 is 2.05 bits per heavy atom. The fourth-order valence-corrected chi connectivity index (χ4v) is 2.24. The molecule has 0 aromatic heterocycles. The summed E-state index contributed by atoms with van der Waals surface area (Å²) in [5.74, 6) is 0. The van der Waals surface area contributed by atoms with E-state index in [-0.39, 0.29) is 0 Å². The molecule has 0 fully saturated rings. The van der Waals surface area contributed by atoms with Gasteiger partial charge in [-0.1, -0.05) is 40.2 Å². The van der Waals surface area contributed by atoms with E-state index in [1.165, 1.54) is 5.56 Å². The molecule has 0 heterocycles. The van der Waals surface area contributed by atoms with Crippen LogP contribution in [0.2, 0.25) is 0 Å². The Hall–Kier alpha value is -1.13. The van der Waals surface area contributed by atoms with Gasteiger partial charge < -0.3 is 10.6 Å². The summed E-state index contributed by atoms with van der Waals surface area (Å²) in [6.07, 6.45) is 10.2. The van der Waals surface area contributed by atoms with Crippen molar-refractivity contribution >= 4 is 33.3 Å². The summed E-state index contributed by atoms with van der Waals surface area (Å²) in [6.45, 7) is 0.830. The van der Waals surface area contributed by atoms with Gasteiger partial charge in [0.25, 0.3) is 0 Å². The van der Waals surface area contributed by atoms with E-state index in [2.05, 4.69) is 63.3 Å². The number of benzene rings is 1. The molecule has 0 bridgehead atoms. The lowest BCUT2D eigenvalue weighted by molar-refractivity contribution is 0.851. The molecule has 1 aromatic carbocycles. The summed E-state index contributed by atoms with van der Waals surface area (Å²) >= 11 is 8.69. The van der Waals surface area contributed by atoms with Crippen molar-refractivity contribution in [2.24, 2.45) is 0 Å². The van der Waals surface area contributed by atoms with Crippen LogP contribution < -0.4 is 10.6 Å². The van der Waals surface area contributed by atoms with Gasteiger partial charge in [0.15, 0.2) is 5.11 Å². The number of nitrogens with one attached hydrogen (secondary N) is 2. The Morgan fingerprint density at radius 1 is 1.26 bits per heavy atom. The van der Waals surface area contributed by atoms with Crippen LogP contribution in [0.3, 0.4) is 0 Å². The zero-order valence-electron chi connectivity index (χ0n) is 10.5. The first kappa shape index (κ1) is 14.3. The quantitative estimate of drug-likeness (QED) is 0.823. The minimum atomic E-state index is 0.676. The van der Waals surface area contributed by atoms with Crippen molar-refractivity contribution < 1.29 is 0 Å². The monoisotopic (exact) mass is 335 g/mol. The van der Waals surface area contributed by atoms with Gasteiger partial charge in [0, 0.05) is 16.7 Å². The number of hydrogen-bond donors (Lipinski definition) is 2.